The summed E-state index contributed by atoms with van der Waals surface area (Å²) < 4.78 is 7.47. The molecule has 0 aliphatic rings. The van der Waals surface area contributed by atoms with Crippen LogP contribution in [0.15, 0.2) is 35.1 Å². The molecule has 0 saturated heterocycles. The summed E-state index contributed by atoms with van der Waals surface area (Å²) in [6, 6.07) is 6.04. The molecule has 2 heterocycles. The predicted octanol–water partition coefficient (Wildman–Crippen LogP) is 2.75. The van der Waals surface area contributed by atoms with Crippen molar-refractivity contribution in [3.05, 3.63) is 47.7 Å². The molecular formula is C11H13NO. The Hall–Kier alpha value is -1.44. The van der Waals surface area contributed by atoms with Crippen LogP contribution in [0.3, 0.4) is 0 Å². The molecule has 0 saturated carbocycles. The summed E-state index contributed by atoms with van der Waals surface area (Å²) in [6.07, 6.45) is 3.80. The monoisotopic (exact) mass is 175 g/mol. The third kappa shape index (κ3) is 1.52. The number of aryl methyl sites for hydroxylation is 1. The van der Waals surface area contributed by atoms with Gasteiger partial charge in [-0.15, -0.1) is 0 Å². The maximum Gasteiger partial charge on any atom is 0.123 e. The summed E-state index contributed by atoms with van der Waals surface area (Å²) in [6.45, 7) is 5.07. The van der Waals surface area contributed by atoms with E-state index < -0.39 is 0 Å². The third-order valence-electron chi connectivity index (χ3n) is 2.41. The number of hydrogen-bond donors (Lipinski definition) is 0. The van der Waals surface area contributed by atoms with Crippen LogP contribution in [0, 0.1) is 13.8 Å². The average Bonchev–Trinajstić information content (AvgIpc) is 2.71. The lowest BCUT2D eigenvalue weighted by Gasteiger charge is -2.03. The second-order valence-electron chi connectivity index (χ2n) is 3.29. The van der Waals surface area contributed by atoms with Crippen molar-refractivity contribution in [3.63, 3.8) is 0 Å². The van der Waals surface area contributed by atoms with Crippen LogP contribution in [-0.2, 0) is 6.54 Å². The highest BCUT2D eigenvalue weighted by Gasteiger charge is 2.02. The van der Waals surface area contributed by atoms with Gasteiger partial charge < -0.3 is 8.98 Å². The van der Waals surface area contributed by atoms with Crippen molar-refractivity contribution in [1.82, 2.24) is 4.57 Å². The van der Waals surface area contributed by atoms with E-state index in [2.05, 4.69) is 30.7 Å². The van der Waals surface area contributed by atoms with Crippen molar-refractivity contribution >= 4 is 0 Å². The summed E-state index contributed by atoms with van der Waals surface area (Å²) in [7, 11) is 0. The van der Waals surface area contributed by atoms with E-state index >= 15 is 0 Å². The largest absolute Gasteiger partial charge is 0.467 e. The molecule has 13 heavy (non-hydrogen) atoms. The standard InChI is InChI=1S/C11H13NO/c1-9-5-6-12(10(9)2)8-11-4-3-7-13-11/h3-7H,8H2,1-2H3. The Morgan fingerprint density at radius 3 is 2.69 bits per heavy atom. The number of hydrogen-bond acceptors (Lipinski definition) is 1. The Kier molecular flexibility index (Phi) is 1.97. The highest BCUT2D eigenvalue weighted by molar-refractivity contribution is 5.19. The van der Waals surface area contributed by atoms with Crippen molar-refractivity contribution in [2.45, 2.75) is 20.4 Å². The van der Waals surface area contributed by atoms with E-state index in [0.29, 0.717) is 0 Å². The molecule has 2 aromatic heterocycles. The predicted molar refractivity (Wildman–Crippen MR) is 51.7 cm³/mol. The Labute approximate surface area is 77.8 Å². The van der Waals surface area contributed by atoms with Gasteiger partial charge in [-0.25, -0.2) is 0 Å². The maximum absolute atomic E-state index is 5.28. The van der Waals surface area contributed by atoms with E-state index in [1.54, 1.807) is 6.26 Å². The Balaban J connectivity index is 2.24. The van der Waals surface area contributed by atoms with Crippen molar-refractivity contribution in [1.29, 1.82) is 0 Å². The van der Waals surface area contributed by atoms with Gasteiger partial charge in [-0.1, -0.05) is 0 Å². The number of rotatable bonds is 2. The molecule has 0 fully saturated rings. The molecule has 0 aromatic carbocycles. The molecule has 0 unspecified atom stereocenters. The fraction of sp³-hybridized carbons (Fsp3) is 0.273. The fourth-order valence-electron chi connectivity index (χ4n) is 1.40. The zero-order valence-corrected chi connectivity index (χ0v) is 7.95. The highest BCUT2D eigenvalue weighted by Crippen LogP contribution is 2.11. The minimum absolute atomic E-state index is 0.826. The first-order valence-corrected chi connectivity index (χ1v) is 4.42. The molecule has 0 radical (unpaired) electrons. The van der Waals surface area contributed by atoms with Crippen LogP contribution in [0.4, 0.5) is 0 Å². The average molecular weight is 175 g/mol. The topological polar surface area (TPSA) is 18.1 Å². The Morgan fingerprint density at radius 1 is 1.31 bits per heavy atom. The number of aromatic nitrogens is 1. The van der Waals surface area contributed by atoms with E-state index in [4.69, 9.17) is 4.42 Å². The number of furan rings is 1. The van der Waals surface area contributed by atoms with Crippen molar-refractivity contribution in [2.75, 3.05) is 0 Å². The molecule has 2 aromatic rings. The van der Waals surface area contributed by atoms with E-state index in [-0.39, 0.29) is 0 Å². The van der Waals surface area contributed by atoms with Crippen molar-refractivity contribution < 1.29 is 4.42 Å². The Bertz CT molecular complexity index is 384. The molecule has 2 nitrogen and oxygen atoms in total. The first-order chi connectivity index (χ1) is 6.27. The summed E-state index contributed by atoms with van der Waals surface area (Å²) in [4.78, 5) is 0. The zero-order valence-electron chi connectivity index (χ0n) is 7.95. The van der Waals surface area contributed by atoms with Crippen molar-refractivity contribution in [2.24, 2.45) is 0 Å². The smallest absolute Gasteiger partial charge is 0.123 e. The lowest BCUT2D eigenvalue weighted by atomic mass is 10.3. The lowest BCUT2D eigenvalue weighted by Crippen LogP contribution is -1.99. The molecule has 0 amide bonds. The van der Waals surface area contributed by atoms with Crippen molar-refractivity contribution in [3.8, 4) is 0 Å². The molecular weight excluding hydrogens is 162 g/mol. The maximum atomic E-state index is 5.28. The van der Waals surface area contributed by atoms with Crippen LogP contribution in [0.2, 0.25) is 0 Å². The minimum Gasteiger partial charge on any atom is -0.467 e. The SMILES string of the molecule is Cc1ccn(Cc2ccco2)c1C. The van der Waals surface area contributed by atoms with Gasteiger partial charge in [0.05, 0.1) is 12.8 Å². The zero-order chi connectivity index (χ0) is 9.26. The first-order valence-electron chi connectivity index (χ1n) is 4.42. The summed E-state index contributed by atoms with van der Waals surface area (Å²) in [5.41, 5.74) is 2.63. The van der Waals surface area contributed by atoms with Crippen LogP contribution < -0.4 is 0 Å². The summed E-state index contributed by atoms with van der Waals surface area (Å²) in [5.74, 6) is 0.999. The number of nitrogens with zero attached hydrogens (tertiary/aromatic N) is 1. The quantitative estimate of drug-likeness (QED) is 0.686. The van der Waals surface area contributed by atoms with Crippen LogP contribution in [0.25, 0.3) is 0 Å². The van der Waals surface area contributed by atoms with E-state index in [1.807, 2.05) is 12.1 Å². The molecule has 0 N–H and O–H groups in total. The molecule has 0 aliphatic heterocycles. The minimum atomic E-state index is 0.826. The molecule has 0 spiro atoms. The second kappa shape index (κ2) is 3.13. The van der Waals surface area contributed by atoms with E-state index in [9.17, 15) is 0 Å². The molecule has 68 valence electrons. The Morgan fingerprint density at radius 2 is 2.15 bits per heavy atom. The lowest BCUT2D eigenvalue weighted by molar-refractivity contribution is 0.491. The van der Waals surface area contributed by atoms with Crippen LogP contribution in [0.1, 0.15) is 17.0 Å². The van der Waals surface area contributed by atoms with Gasteiger partial charge in [0.25, 0.3) is 0 Å². The van der Waals surface area contributed by atoms with Gasteiger partial charge in [-0.2, -0.15) is 0 Å². The highest BCUT2D eigenvalue weighted by atomic mass is 16.3. The molecule has 2 rings (SSSR count). The first kappa shape index (κ1) is 8.17. The van der Waals surface area contributed by atoms with Crippen LogP contribution in [-0.4, -0.2) is 4.57 Å². The third-order valence-corrected chi connectivity index (χ3v) is 2.41. The van der Waals surface area contributed by atoms with E-state index in [0.717, 1.165) is 12.3 Å². The van der Waals surface area contributed by atoms with Crippen LogP contribution >= 0.6 is 0 Å². The normalized spacial score (nSPS) is 10.6. The van der Waals surface area contributed by atoms with Gasteiger partial charge in [0.15, 0.2) is 0 Å². The van der Waals surface area contributed by atoms with E-state index in [1.165, 1.54) is 11.3 Å². The van der Waals surface area contributed by atoms with Gasteiger partial charge >= 0.3 is 0 Å². The van der Waals surface area contributed by atoms with Gasteiger partial charge in [0, 0.05) is 11.9 Å². The molecule has 2 heteroatoms. The van der Waals surface area contributed by atoms with Gasteiger partial charge in [-0.3, -0.25) is 0 Å². The fourth-order valence-corrected chi connectivity index (χ4v) is 1.40. The second-order valence-corrected chi connectivity index (χ2v) is 3.29. The molecule has 0 aliphatic carbocycles. The summed E-state index contributed by atoms with van der Waals surface area (Å²) in [5, 5.41) is 0. The molecule has 0 atom stereocenters. The molecule has 0 bridgehead atoms. The van der Waals surface area contributed by atoms with Crippen LogP contribution in [0.5, 0.6) is 0 Å². The van der Waals surface area contributed by atoms with Gasteiger partial charge in [-0.05, 0) is 37.6 Å². The van der Waals surface area contributed by atoms with Gasteiger partial charge in [0.2, 0.25) is 0 Å². The van der Waals surface area contributed by atoms with Gasteiger partial charge in [0.1, 0.15) is 5.76 Å². The summed E-state index contributed by atoms with van der Waals surface area (Å²) >= 11 is 0.